The van der Waals surface area contributed by atoms with Crippen LogP contribution in [-0.4, -0.2) is 24.0 Å². The molecule has 4 nitrogen and oxygen atoms in total. The van der Waals surface area contributed by atoms with Gasteiger partial charge in [-0.1, -0.05) is 18.6 Å². The Morgan fingerprint density at radius 3 is 2.55 bits per heavy atom. The van der Waals surface area contributed by atoms with Gasteiger partial charge in [0.2, 0.25) is 5.91 Å². The third-order valence-corrected chi connectivity index (χ3v) is 4.88. The van der Waals surface area contributed by atoms with Crippen LogP contribution in [-0.2, 0) is 4.79 Å². The van der Waals surface area contributed by atoms with Crippen molar-refractivity contribution in [3.63, 3.8) is 0 Å². The maximum atomic E-state index is 12.6. The molecule has 2 aliphatic carbocycles. The molecule has 20 heavy (non-hydrogen) atoms. The van der Waals surface area contributed by atoms with E-state index in [9.17, 15) is 14.7 Å². The van der Waals surface area contributed by atoms with E-state index >= 15 is 0 Å². The quantitative estimate of drug-likeness (QED) is 0.921. The molecular weight excluding hydrogens is 254 g/mol. The normalized spacial score (nSPS) is 27.6. The van der Waals surface area contributed by atoms with E-state index in [1.807, 2.05) is 0 Å². The number of benzene rings is 1. The van der Waals surface area contributed by atoms with Crippen LogP contribution in [0.1, 0.15) is 36.0 Å². The highest BCUT2D eigenvalue weighted by molar-refractivity contribution is 6.02. The third-order valence-electron chi connectivity index (χ3n) is 4.88. The number of para-hydroxylation sites is 1. The maximum absolute atomic E-state index is 12.6. The van der Waals surface area contributed by atoms with Gasteiger partial charge in [0.25, 0.3) is 0 Å². The summed E-state index contributed by atoms with van der Waals surface area (Å²) in [5.41, 5.74) is 0.680. The van der Waals surface area contributed by atoms with E-state index in [4.69, 9.17) is 0 Å². The van der Waals surface area contributed by atoms with Gasteiger partial charge >= 0.3 is 5.97 Å². The first kappa shape index (κ1) is 13.2. The van der Waals surface area contributed by atoms with Crippen LogP contribution in [0.5, 0.6) is 0 Å². The molecule has 3 rings (SSSR count). The predicted molar refractivity (Wildman–Crippen MR) is 75.7 cm³/mol. The zero-order chi connectivity index (χ0) is 14.3. The van der Waals surface area contributed by atoms with Crippen molar-refractivity contribution in [2.45, 2.75) is 25.7 Å². The summed E-state index contributed by atoms with van der Waals surface area (Å²) in [6, 6.07) is 6.70. The highest BCUT2D eigenvalue weighted by Gasteiger charge is 2.44. The first-order valence-electron chi connectivity index (χ1n) is 7.18. The van der Waals surface area contributed by atoms with Gasteiger partial charge in [-0.05, 0) is 43.2 Å². The predicted octanol–water partition coefficient (Wildman–Crippen LogP) is 2.78. The lowest BCUT2D eigenvalue weighted by Gasteiger charge is -2.27. The molecular formula is C16H19NO3. The second-order valence-corrected chi connectivity index (χ2v) is 6.00. The standard InChI is InChI=1S/C16H19NO3/c1-17(14-5-3-2-4-12(14)16(19)20)15(18)13-9-10-6-7-11(13)8-10/h2-5,10-11,13H,6-9H2,1H3,(H,19,20). The Labute approximate surface area is 118 Å². The molecule has 1 aromatic rings. The molecule has 1 amide bonds. The minimum absolute atomic E-state index is 0.0749. The number of carbonyl (C=O) groups is 2. The van der Waals surface area contributed by atoms with Gasteiger partial charge in [-0.25, -0.2) is 4.79 Å². The number of rotatable bonds is 3. The Hall–Kier alpha value is -1.84. The van der Waals surface area contributed by atoms with E-state index in [0.29, 0.717) is 17.5 Å². The molecule has 2 bridgehead atoms. The van der Waals surface area contributed by atoms with Crippen LogP contribution >= 0.6 is 0 Å². The fourth-order valence-corrected chi connectivity index (χ4v) is 3.86. The van der Waals surface area contributed by atoms with Gasteiger partial charge in [-0.2, -0.15) is 0 Å². The molecule has 0 heterocycles. The van der Waals surface area contributed by atoms with Crippen LogP contribution in [0.4, 0.5) is 5.69 Å². The summed E-state index contributed by atoms with van der Waals surface area (Å²) in [4.78, 5) is 25.4. The second-order valence-electron chi connectivity index (χ2n) is 6.00. The summed E-state index contributed by atoms with van der Waals surface area (Å²) < 4.78 is 0. The number of carboxylic acids is 1. The average Bonchev–Trinajstić information content (AvgIpc) is 3.08. The molecule has 1 aromatic carbocycles. The molecule has 2 fully saturated rings. The molecule has 0 aromatic heterocycles. The van der Waals surface area contributed by atoms with Crippen molar-refractivity contribution in [1.29, 1.82) is 0 Å². The molecule has 0 aliphatic heterocycles. The van der Waals surface area contributed by atoms with Crippen molar-refractivity contribution < 1.29 is 14.7 Å². The van der Waals surface area contributed by atoms with Crippen LogP contribution in [0.25, 0.3) is 0 Å². The SMILES string of the molecule is CN(C(=O)C1CC2CCC1C2)c1ccccc1C(=O)O. The van der Waals surface area contributed by atoms with Gasteiger partial charge in [-0.3, -0.25) is 4.79 Å². The zero-order valence-electron chi connectivity index (χ0n) is 11.6. The molecule has 0 saturated heterocycles. The average molecular weight is 273 g/mol. The Bertz CT molecular complexity index is 554. The lowest BCUT2D eigenvalue weighted by molar-refractivity contribution is -0.123. The van der Waals surface area contributed by atoms with Gasteiger partial charge in [-0.15, -0.1) is 0 Å². The molecule has 3 unspecified atom stereocenters. The fourth-order valence-electron chi connectivity index (χ4n) is 3.86. The Morgan fingerprint density at radius 1 is 1.20 bits per heavy atom. The number of hydrogen-bond donors (Lipinski definition) is 1. The molecule has 2 aliphatic rings. The van der Waals surface area contributed by atoms with Gasteiger partial charge < -0.3 is 10.0 Å². The lowest BCUT2D eigenvalue weighted by Crippen LogP contribution is -2.36. The third kappa shape index (κ3) is 2.09. The molecule has 3 atom stereocenters. The summed E-state index contributed by atoms with van der Waals surface area (Å²) in [6.45, 7) is 0. The topological polar surface area (TPSA) is 57.6 Å². The van der Waals surface area contributed by atoms with Crippen LogP contribution in [0.2, 0.25) is 0 Å². The Balaban J connectivity index is 1.84. The van der Waals surface area contributed by atoms with Crippen LogP contribution in [0.3, 0.4) is 0 Å². The number of carbonyl (C=O) groups excluding carboxylic acids is 1. The summed E-state index contributed by atoms with van der Waals surface area (Å²) in [7, 11) is 1.69. The van der Waals surface area contributed by atoms with E-state index in [0.717, 1.165) is 12.8 Å². The van der Waals surface area contributed by atoms with Crippen molar-refractivity contribution in [2.75, 3.05) is 11.9 Å². The molecule has 4 heteroatoms. The monoisotopic (exact) mass is 273 g/mol. The minimum atomic E-state index is -0.992. The van der Waals surface area contributed by atoms with Crippen LogP contribution in [0.15, 0.2) is 24.3 Å². The molecule has 106 valence electrons. The number of hydrogen-bond acceptors (Lipinski definition) is 2. The number of anilines is 1. The van der Waals surface area contributed by atoms with Gasteiger partial charge in [0.05, 0.1) is 11.3 Å². The van der Waals surface area contributed by atoms with Crippen LogP contribution in [0, 0.1) is 17.8 Å². The van der Waals surface area contributed by atoms with E-state index in [1.165, 1.54) is 17.7 Å². The highest BCUT2D eigenvalue weighted by Crippen LogP contribution is 2.49. The van der Waals surface area contributed by atoms with Gasteiger partial charge in [0, 0.05) is 13.0 Å². The minimum Gasteiger partial charge on any atom is -0.478 e. The van der Waals surface area contributed by atoms with Crippen molar-refractivity contribution in [2.24, 2.45) is 17.8 Å². The van der Waals surface area contributed by atoms with Crippen molar-refractivity contribution in [1.82, 2.24) is 0 Å². The number of fused-ring (bicyclic) bond motifs is 2. The van der Waals surface area contributed by atoms with E-state index in [1.54, 1.807) is 31.3 Å². The fraction of sp³-hybridized carbons (Fsp3) is 0.500. The van der Waals surface area contributed by atoms with Gasteiger partial charge in [0.1, 0.15) is 0 Å². The van der Waals surface area contributed by atoms with E-state index in [2.05, 4.69) is 0 Å². The Morgan fingerprint density at radius 2 is 1.95 bits per heavy atom. The number of aromatic carboxylic acids is 1. The summed E-state index contributed by atoms with van der Waals surface area (Å²) >= 11 is 0. The van der Waals surface area contributed by atoms with Crippen molar-refractivity contribution in [3.05, 3.63) is 29.8 Å². The number of nitrogens with zero attached hydrogens (tertiary/aromatic N) is 1. The molecule has 0 radical (unpaired) electrons. The van der Waals surface area contributed by atoms with E-state index in [-0.39, 0.29) is 17.4 Å². The van der Waals surface area contributed by atoms with E-state index < -0.39 is 5.97 Å². The zero-order valence-corrected chi connectivity index (χ0v) is 11.6. The first-order chi connectivity index (χ1) is 9.58. The summed E-state index contributed by atoms with van der Waals surface area (Å²) in [6.07, 6.45) is 4.55. The highest BCUT2D eigenvalue weighted by atomic mass is 16.4. The van der Waals surface area contributed by atoms with Crippen molar-refractivity contribution >= 4 is 17.6 Å². The largest absolute Gasteiger partial charge is 0.478 e. The van der Waals surface area contributed by atoms with Crippen molar-refractivity contribution in [3.8, 4) is 0 Å². The number of carboxylic acid groups (broad SMARTS) is 1. The number of amides is 1. The Kier molecular flexibility index (Phi) is 3.24. The molecule has 2 saturated carbocycles. The first-order valence-corrected chi connectivity index (χ1v) is 7.18. The molecule has 1 N–H and O–H groups in total. The van der Waals surface area contributed by atoms with Gasteiger partial charge in [0.15, 0.2) is 0 Å². The summed E-state index contributed by atoms with van der Waals surface area (Å²) in [5.74, 6) is 0.378. The van der Waals surface area contributed by atoms with Crippen LogP contribution < -0.4 is 4.90 Å². The summed E-state index contributed by atoms with van der Waals surface area (Å²) in [5, 5.41) is 9.23. The molecule has 0 spiro atoms. The smallest absolute Gasteiger partial charge is 0.337 e. The second kappa shape index (κ2) is 4.93. The maximum Gasteiger partial charge on any atom is 0.337 e. The lowest BCUT2D eigenvalue weighted by atomic mass is 9.87.